The Kier molecular flexibility index (Phi) is 2.71. The summed E-state index contributed by atoms with van der Waals surface area (Å²) in [6.45, 7) is 3.01. The Morgan fingerprint density at radius 2 is 2.36 bits per heavy atom. The van der Waals surface area contributed by atoms with Gasteiger partial charge in [0.05, 0.1) is 0 Å². The van der Waals surface area contributed by atoms with Crippen LogP contribution in [-0.4, -0.2) is 28.8 Å². The van der Waals surface area contributed by atoms with Crippen molar-refractivity contribution in [1.82, 2.24) is 15.2 Å². The summed E-state index contributed by atoms with van der Waals surface area (Å²) in [4.78, 5) is 4.08. The normalized spacial score (nSPS) is 9.64. The number of nitrogens with zero attached hydrogens (tertiary/aromatic N) is 2. The highest BCUT2D eigenvalue weighted by Gasteiger charge is 1.97. The third-order valence-corrected chi connectivity index (χ3v) is 1.25. The maximum absolute atomic E-state index is 4.08. The Bertz CT molecular complexity index is 206. The Labute approximate surface area is 65.6 Å². The van der Waals surface area contributed by atoms with Crippen LogP contribution in [0.2, 0.25) is 0 Å². The van der Waals surface area contributed by atoms with Crippen molar-refractivity contribution >= 4 is 11.9 Å². The Morgan fingerprint density at radius 3 is 2.91 bits per heavy atom. The van der Waals surface area contributed by atoms with Gasteiger partial charge in [-0.25, -0.2) is 5.10 Å². The quantitative estimate of drug-likeness (QED) is 0.598. The van der Waals surface area contributed by atoms with Gasteiger partial charge in [-0.1, -0.05) is 6.92 Å². The number of hydrogen-bond acceptors (Lipinski definition) is 4. The van der Waals surface area contributed by atoms with Crippen molar-refractivity contribution < 1.29 is 0 Å². The molecule has 0 atom stereocenters. The molecule has 0 bridgehead atoms. The van der Waals surface area contributed by atoms with Gasteiger partial charge in [0.1, 0.15) is 0 Å². The molecule has 0 aromatic carbocycles. The van der Waals surface area contributed by atoms with Crippen LogP contribution in [0.1, 0.15) is 13.3 Å². The first-order valence-corrected chi connectivity index (χ1v) is 3.71. The fourth-order valence-electron chi connectivity index (χ4n) is 0.696. The van der Waals surface area contributed by atoms with E-state index in [2.05, 4.69) is 32.7 Å². The molecular formula is C6H13N5. The summed E-state index contributed by atoms with van der Waals surface area (Å²) in [5.41, 5.74) is 0. The second-order valence-electron chi connectivity index (χ2n) is 2.18. The molecule has 1 rings (SSSR count). The number of aromatic amines is 1. The Morgan fingerprint density at radius 1 is 1.55 bits per heavy atom. The van der Waals surface area contributed by atoms with Gasteiger partial charge < -0.3 is 10.6 Å². The van der Waals surface area contributed by atoms with E-state index in [0.717, 1.165) is 18.9 Å². The molecule has 0 radical (unpaired) electrons. The highest BCUT2D eigenvalue weighted by molar-refractivity contribution is 5.32. The molecular weight excluding hydrogens is 142 g/mol. The second-order valence-corrected chi connectivity index (χ2v) is 2.18. The van der Waals surface area contributed by atoms with Crippen LogP contribution in [0.5, 0.6) is 0 Å². The molecule has 11 heavy (non-hydrogen) atoms. The molecule has 1 heterocycles. The van der Waals surface area contributed by atoms with Crippen molar-refractivity contribution in [3.8, 4) is 0 Å². The molecule has 0 fully saturated rings. The summed E-state index contributed by atoms with van der Waals surface area (Å²) in [5, 5.41) is 12.5. The highest BCUT2D eigenvalue weighted by Crippen LogP contribution is 2.00. The van der Waals surface area contributed by atoms with Crippen molar-refractivity contribution in [3.05, 3.63) is 0 Å². The zero-order chi connectivity index (χ0) is 8.10. The first-order valence-electron chi connectivity index (χ1n) is 3.71. The minimum absolute atomic E-state index is 0.614. The first-order chi connectivity index (χ1) is 5.36. The molecule has 0 saturated carbocycles. The van der Waals surface area contributed by atoms with Crippen LogP contribution in [0, 0.1) is 0 Å². The average Bonchev–Trinajstić information content (AvgIpc) is 2.48. The highest BCUT2D eigenvalue weighted by atomic mass is 15.3. The summed E-state index contributed by atoms with van der Waals surface area (Å²) in [7, 11) is 1.78. The Balaban J connectivity index is 2.44. The van der Waals surface area contributed by atoms with Crippen molar-refractivity contribution in [3.63, 3.8) is 0 Å². The van der Waals surface area contributed by atoms with Gasteiger partial charge in [-0.05, 0) is 6.42 Å². The fourth-order valence-corrected chi connectivity index (χ4v) is 0.696. The predicted molar refractivity (Wildman–Crippen MR) is 44.7 cm³/mol. The molecule has 0 spiro atoms. The van der Waals surface area contributed by atoms with Gasteiger partial charge in [0, 0.05) is 13.6 Å². The van der Waals surface area contributed by atoms with Crippen molar-refractivity contribution in [1.29, 1.82) is 0 Å². The van der Waals surface area contributed by atoms with E-state index in [1.165, 1.54) is 0 Å². The zero-order valence-electron chi connectivity index (χ0n) is 6.81. The van der Waals surface area contributed by atoms with E-state index < -0.39 is 0 Å². The summed E-state index contributed by atoms with van der Waals surface area (Å²) in [5.74, 6) is 1.33. The number of aromatic nitrogens is 3. The summed E-state index contributed by atoms with van der Waals surface area (Å²) >= 11 is 0. The monoisotopic (exact) mass is 155 g/mol. The number of anilines is 2. The number of rotatable bonds is 4. The largest absolute Gasteiger partial charge is 0.356 e. The molecule has 0 saturated heterocycles. The standard InChI is InChI=1S/C6H13N5/c1-3-4-8-6-9-5(7-2)10-11-6/h3-4H2,1-2H3,(H3,7,8,9,10,11). The zero-order valence-corrected chi connectivity index (χ0v) is 6.81. The van der Waals surface area contributed by atoms with Gasteiger partial charge >= 0.3 is 0 Å². The van der Waals surface area contributed by atoms with E-state index >= 15 is 0 Å². The van der Waals surface area contributed by atoms with Crippen LogP contribution in [0.3, 0.4) is 0 Å². The molecule has 0 aliphatic heterocycles. The van der Waals surface area contributed by atoms with Crippen LogP contribution < -0.4 is 10.6 Å². The minimum Gasteiger partial charge on any atom is -0.356 e. The average molecular weight is 155 g/mol. The molecule has 1 aromatic heterocycles. The molecule has 3 N–H and O–H groups in total. The second kappa shape index (κ2) is 3.80. The number of H-pyrrole nitrogens is 1. The van der Waals surface area contributed by atoms with E-state index in [0.29, 0.717) is 5.95 Å². The molecule has 0 aliphatic rings. The molecule has 0 aliphatic carbocycles. The topological polar surface area (TPSA) is 65.6 Å². The van der Waals surface area contributed by atoms with Crippen molar-refractivity contribution in [2.45, 2.75) is 13.3 Å². The minimum atomic E-state index is 0.614. The maximum Gasteiger partial charge on any atom is 0.243 e. The van der Waals surface area contributed by atoms with E-state index in [1.54, 1.807) is 7.05 Å². The van der Waals surface area contributed by atoms with Gasteiger partial charge in [0.2, 0.25) is 11.9 Å². The molecule has 5 heteroatoms. The molecule has 1 aromatic rings. The summed E-state index contributed by atoms with van der Waals surface area (Å²) < 4.78 is 0. The van der Waals surface area contributed by atoms with Crippen LogP contribution in [0.15, 0.2) is 0 Å². The van der Waals surface area contributed by atoms with E-state index in [4.69, 9.17) is 0 Å². The lowest BCUT2D eigenvalue weighted by Gasteiger charge is -1.95. The van der Waals surface area contributed by atoms with Gasteiger partial charge in [0.15, 0.2) is 0 Å². The van der Waals surface area contributed by atoms with Crippen LogP contribution in [-0.2, 0) is 0 Å². The first kappa shape index (κ1) is 7.84. The SMILES string of the molecule is CCCNc1nc(NC)n[nH]1. The Hall–Kier alpha value is -1.26. The smallest absolute Gasteiger partial charge is 0.243 e. The maximum atomic E-state index is 4.08. The predicted octanol–water partition coefficient (Wildman–Crippen LogP) is 0.668. The van der Waals surface area contributed by atoms with Crippen molar-refractivity contribution in [2.75, 3.05) is 24.2 Å². The van der Waals surface area contributed by atoms with E-state index in [9.17, 15) is 0 Å². The van der Waals surface area contributed by atoms with Gasteiger partial charge in [-0.2, -0.15) is 4.98 Å². The van der Waals surface area contributed by atoms with Gasteiger partial charge in [0.25, 0.3) is 0 Å². The van der Waals surface area contributed by atoms with Crippen LogP contribution in [0.25, 0.3) is 0 Å². The third-order valence-electron chi connectivity index (χ3n) is 1.25. The number of hydrogen-bond donors (Lipinski definition) is 3. The molecule has 0 amide bonds. The molecule has 0 unspecified atom stereocenters. The summed E-state index contributed by atoms with van der Waals surface area (Å²) in [6.07, 6.45) is 1.08. The fraction of sp³-hybridized carbons (Fsp3) is 0.667. The van der Waals surface area contributed by atoms with Gasteiger partial charge in [-0.3, -0.25) is 0 Å². The van der Waals surface area contributed by atoms with Crippen LogP contribution in [0.4, 0.5) is 11.9 Å². The van der Waals surface area contributed by atoms with E-state index in [1.807, 2.05) is 0 Å². The lowest BCUT2D eigenvalue weighted by atomic mass is 10.5. The van der Waals surface area contributed by atoms with E-state index in [-0.39, 0.29) is 0 Å². The number of nitrogens with one attached hydrogen (secondary N) is 3. The van der Waals surface area contributed by atoms with Gasteiger partial charge in [-0.15, -0.1) is 5.10 Å². The van der Waals surface area contributed by atoms with Crippen LogP contribution >= 0.6 is 0 Å². The molecule has 62 valence electrons. The lowest BCUT2D eigenvalue weighted by Crippen LogP contribution is -2.01. The third kappa shape index (κ3) is 2.10. The van der Waals surface area contributed by atoms with Crippen molar-refractivity contribution in [2.24, 2.45) is 0 Å². The summed E-state index contributed by atoms with van der Waals surface area (Å²) in [6, 6.07) is 0. The lowest BCUT2D eigenvalue weighted by molar-refractivity contribution is 0.954. The molecule has 5 nitrogen and oxygen atoms in total.